The Hall–Kier alpha value is -1.88. The number of amides is 1. The lowest BCUT2D eigenvalue weighted by atomic mass is 9.91. The molecule has 26 heavy (non-hydrogen) atoms. The van der Waals surface area contributed by atoms with Crippen molar-refractivity contribution in [3.63, 3.8) is 0 Å². The minimum absolute atomic E-state index is 0.0130. The van der Waals surface area contributed by atoms with Crippen LogP contribution < -0.4 is 5.32 Å². The molecule has 0 aliphatic rings. The third kappa shape index (κ3) is 5.31. The quantitative estimate of drug-likeness (QED) is 0.737. The average molecular weight is 378 g/mol. The molecule has 0 saturated heterocycles. The van der Waals surface area contributed by atoms with Crippen molar-refractivity contribution in [2.24, 2.45) is 11.3 Å². The summed E-state index contributed by atoms with van der Waals surface area (Å²) < 4.78 is 5.49. The molecule has 0 aliphatic carbocycles. The van der Waals surface area contributed by atoms with Gasteiger partial charge in [-0.25, -0.2) is 0 Å². The number of benzene rings is 1. The highest BCUT2D eigenvalue weighted by Gasteiger charge is 2.28. The summed E-state index contributed by atoms with van der Waals surface area (Å²) in [4.78, 5) is 16.9. The molecule has 0 fully saturated rings. The molecule has 1 amide bonds. The van der Waals surface area contributed by atoms with Crippen LogP contribution in [0, 0.1) is 18.3 Å². The third-order valence-electron chi connectivity index (χ3n) is 4.36. The van der Waals surface area contributed by atoms with E-state index < -0.39 is 0 Å². The van der Waals surface area contributed by atoms with Crippen molar-refractivity contribution in [3.05, 3.63) is 34.7 Å². The minimum Gasteiger partial charge on any atom is -0.344 e. The summed E-state index contributed by atoms with van der Waals surface area (Å²) in [5, 5.41) is 7.80. The Bertz CT molecular complexity index is 765. The third-order valence-corrected chi connectivity index (χ3v) is 4.77. The normalized spacial score (nSPS) is 14.1. The second-order valence-corrected chi connectivity index (χ2v) is 8.50. The molecule has 1 heterocycles. The molecule has 1 aromatic heterocycles. The lowest BCUT2D eigenvalue weighted by molar-refractivity contribution is -0.124. The van der Waals surface area contributed by atoms with Gasteiger partial charge in [0.05, 0.1) is 0 Å². The van der Waals surface area contributed by atoms with Gasteiger partial charge in [-0.1, -0.05) is 69.9 Å². The number of nitrogens with one attached hydrogen (secondary N) is 1. The fourth-order valence-electron chi connectivity index (χ4n) is 2.60. The minimum atomic E-state index is -0.308. The number of nitrogens with zero attached hydrogens (tertiary/aromatic N) is 2. The Morgan fingerprint density at radius 3 is 2.62 bits per heavy atom. The van der Waals surface area contributed by atoms with E-state index in [0.717, 1.165) is 17.5 Å². The number of aromatic nitrogens is 2. The first-order chi connectivity index (χ1) is 12.1. The van der Waals surface area contributed by atoms with E-state index in [1.807, 2.05) is 45.9 Å². The fraction of sp³-hybridized carbons (Fsp3) is 0.550. The van der Waals surface area contributed by atoms with Gasteiger partial charge < -0.3 is 9.84 Å². The van der Waals surface area contributed by atoms with Crippen LogP contribution in [-0.2, 0) is 4.79 Å². The van der Waals surface area contributed by atoms with Crippen molar-refractivity contribution in [2.75, 3.05) is 0 Å². The topological polar surface area (TPSA) is 68.0 Å². The molecule has 0 radical (unpaired) electrons. The number of rotatable bonds is 6. The van der Waals surface area contributed by atoms with Crippen molar-refractivity contribution in [2.45, 2.75) is 60.4 Å². The number of halogens is 1. The summed E-state index contributed by atoms with van der Waals surface area (Å²) in [6.45, 7) is 12.2. The standard InChI is InChI=1S/C20H28ClN3O2/c1-7-12(2)17(22-16(25)11-20(4,5)6)19-23-18(24-26-19)14-9-8-13(3)15(21)10-14/h8-10,12,17H,7,11H2,1-6H3,(H,22,25)/t12-,17-/m0/s1. The number of carbonyl (C=O) groups excluding carboxylic acids is 1. The molecule has 0 saturated carbocycles. The molecular weight excluding hydrogens is 350 g/mol. The van der Waals surface area contributed by atoms with Crippen molar-refractivity contribution in [1.29, 1.82) is 0 Å². The summed E-state index contributed by atoms with van der Waals surface area (Å²) in [6.07, 6.45) is 1.32. The Morgan fingerprint density at radius 1 is 1.35 bits per heavy atom. The van der Waals surface area contributed by atoms with Crippen LogP contribution in [0.4, 0.5) is 0 Å². The molecule has 6 heteroatoms. The molecule has 142 valence electrons. The second kappa shape index (κ2) is 8.21. The molecule has 1 N–H and O–H groups in total. The van der Waals surface area contributed by atoms with Crippen LogP contribution in [0.5, 0.6) is 0 Å². The van der Waals surface area contributed by atoms with Crippen molar-refractivity contribution in [3.8, 4) is 11.4 Å². The lowest BCUT2D eigenvalue weighted by Crippen LogP contribution is -2.34. The van der Waals surface area contributed by atoms with Crippen LogP contribution >= 0.6 is 11.6 Å². The molecule has 1 aromatic carbocycles. The summed E-state index contributed by atoms with van der Waals surface area (Å²) in [6, 6.07) is 5.34. The maximum Gasteiger partial charge on any atom is 0.249 e. The lowest BCUT2D eigenvalue weighted by Gasteiger charge is -2.23. The zero-order valence-corrected chi connectivity index (χ0v) is 17.1. The van der Waals surface area contributed by atoms with E-state index in [0.29, 0.717) is 23.2 Å². The van der Waals surface area contributed by atoms with E-state index in [1.54, 1.807) is 0 Å². The summed E-state index contributed by atoms with van der Waals surface area (Å²) in [5.41, 5.74) is 1.70. The Kier molecular flexibility index (Phi) is 6.45. The van der Waals surface area contributed by atoms with Gasteiger partial charge in [0.2, 0.25) is 17.6 Å². The first-order valence-corrected chi connectivity index (χ1v) is 9.38. The van der Waals surface area contributed by atoms with Crippen LogP contribution in [-0.4, -0.2) is 16.0 Å². The van der Waals surface area contributed by atoms with Gasteiger partial charge in [-0.05, 0) is 29.9 Å². The number of hydrogen-bond acceptors (Lipinski definition) is 4. The maximum absolute atomic E-state index is 12.4. The van der Waals surface area contributed by atoms with E-state index in [2.05, 4.69) is 29.3 Å². The van der Waals surface area contributed by atoms with Gasteiger partial charge in [0.25, 0.3) is 0 Å². The zero-order chi connectivity index (χ0) is 19.5. The van der Waals surface area contributed by atoms with Crippen LogP contribution in [0.1, 0.15) is 65.0 Å². The molecule has 0 unspecified atom stereocenters. The molecule has 5 nitrogen and oxygen atoms in total. The van der Waals surface area contributed by atoms with Gasteiger partial charge >= 0.3 is 0 Å². The number of hydrogen-bond donors (Lipinski definition) is 1. The number of carbonyl (C=O) groups is 1. The first-order valence-electron chi connectivity index (χ1n) is 9.00. The van der Waals surface area contributed by atoms with Gasteiger partial charge in [0.1, 0.15) is 6.04 Å². The van der Waals surface area contributed by atoms with Crippen molar-refractivity contribution >= 4 is 17.5 Å². The van der Waals surface area contributed by atoms with Gasteiger partial charge in [-0.3, -0.25) is 4.79 Å². The highest BCUT2D eigenvalue weighted by Crippen LogP contribution is 2.28. The Morgan fingerprint density at radius 2 is 2.04 bits per heavy atom. The molecular formula is C20H28ClN3O2. The summed E-state index contributed by atoms with van der Waals surface area (Å²) >= 11 is 6.19. The van der Waals surface area contributed by atoms with Crippen molar-refractivity contribution in [1.82, 2.24) is 15.5 Å². The van der Waals surface area contributed by atoms with Crippen LogP contribution in [0.25, 0.3) is 11.4 Å². The van der Waals surface area contributed by atoms with E-state index in [1.165, 1.54) is 0 Å². The maximum atomic E-state index is 12.4. The van der Waals surface area contributed by atoms with E-state index >= 15 is 0 Å². The molecule has 2 aromatic rings. The molecule has 0 spiro atoms. The van der Waals surface area contributed by atoms with Gasteiger partial charge in [-0.15, -0.1) is 0 Å². The predicted octanol–water partition coefficient (Wildman–Crippen LogP) is 5.34. The second-order valence-electron chi connectivity index (χ2n) is 8.09. The SMILES string of the molecule is CC[C@H](C)[C@H](NC(=O)CC(C)(C)C)c1nc(-c2ccc(C)c(Cl)c2)no1. The zero-order valence-electron chi connectivity index (χ0n) is 16.4. The molecule has 2 rings (SSSR count). The fourth-order valence-corrected chi connectivity index (χ4v) is 2.78. The molecule has 2 atom stereocenters. The Balaban J connectivity index is 2.25. The highest BCUT2D eigenvalue weighted by molar-refractivity contribution is 6.31. The van der Waals surface area contributed by atoms with Crippen LogP contribution in [0.3, 0.4) is 0 Å². The summed E-state index contributed by atoms with van der Waals surface area (Å²) in [7, 11) is 0. The van der Waals surface area contributed by atoms with Crippen LogP contribution in [0.15, 0.2) is 22.7 Å². The van der Waals surface area contributed by atoms with Crippen LogP contribution in [0.2, 0.25) is 5.02 Å². The van der Waals surface area contributed by atoms with Gasteiger partial charge in [0, 0.05) is 17.0 Å². The highest BCUT2D eigenvalue weighted by atomic mass is 35.5. The number of aryl methyl sites for hydroxylation is 1. The van der Waals surface area contributed by atoms with Gasteiger partial charge in [-0.2, -0.15) is 4.98 Å². The monoisotopic (exact) mass is 377 g/mol. The van der Waals surface area contributed by atoms with Crippen molar-refractivity contribution < 1.29 is 9.32 Å². The average Bonchev–Trinajstić information content (AvgIpc) is 3.02. The van der Waals surface area contributed by atoms with E-state index in [4.69, 9.17) is 16.1 Å². The largest absolute Gasteiger partial charge is 0.344 e. The molecule has 0 bridgehead atoms. The first kappa shape index (κ1) is 20.4. The molecule has 0 aliphatic heterocycles. The Labute approximate surface area is 160 Å². The van der Waals surface area contributed by atoms with E-state index in [-0.39, 0.29) is 23.3 Å². The van der Waals surface area contributed by atoms with Gasteiger partial charge in [0.15, 0.2) is 0 Å². The summed E-state index contributed by atoms with van der Waals surface area (Å²) in [5.74, 6) is 1.06. The van der Waals surface area contributed by atoms with E-state index in [9.17, 15) is 4.79 Å². The predicted molar refractivity (Wildman–Crippen MR) is 104 cm³/mol. The smallest absolute Gasteiger partial charge is 0.249 e.